The van der Waals surface area contributed by atoms with Crippen molar-refractivity contribution in [2.45, 2.75) is 13.0 Å². The van der Waals surface area contributed by atoms with Gasteiger partial charge in [-0.25, -0.2) is 4.99 Å². The highest BCUT2D eigenvalue weighted by Gasteiger charge is 2.07. The number of halogens is 1. The number of rotatable bonds is 8. The van der Waals surface area contributed by atoms with Crippen molar-refractivity contribution in [1.82, 2.24) is 15.5 Å². The van der Waals surface area contributed by atoms with E-state index in [1.165, 1.54) is 21.9 Å². The van der Waals surface area contributed by atoms with Gasteiger partial charge in [-0.3, -0.25) is 14.9 Å². The second-order valence-electron chi connectivity index (χ2n) is 5.99. The zero-order chi connectivity index (χ0) is 19.6. The van der Waals surface area contributed by atoms with Crippen molar-refractivity contribution < 1.29 is 9.72 Å². The molecule has 1 heterocycles. The molecule has 0 aliphatic carbocycles. The minimum Gasteiger partial charge on any atom is -0.356 e. The molecule has 0 saturated heterocycles. The van der Waals surface area contributed by atoms with Crippen LogP contribution in [-0.2, 0) is 17.8 Å². The van der Waals surface area contributed by atoms with E-state index in [9.17, 15) is 14.9 Å². The number of nitro benzene ring substituents is 1. The van der Waals surface area contributed by atoms with Crippen molar-refractivity contribution >= 4 is 52.9 Å². The minimum absolute atomic E-state index is 0. The summed E-state index contributed by atoms with van der Waals surface area (Å²) in [6, 6.07) is 10.3. The zero-order valence-electron chi connectivity index (χ0n) is 15.8. The van der Waals surface area contributed by atoms with E-state index in [2.05, 4.69) is 21.7 Å². The molecule has 8 nitrogen and oxygen atoms in total. The molecule has 0 bridgehead atoms. The Morgan fingerprint density at radius 2 is 1.93 bits per heavy atom. The van der Waals surface area contributed by atoms with E-state index < -0.39 is 4.92 Å². The van der Waals surface area contributed by atoms with Gasteiger partial charge in [-0.1, -0.05) is 18.2 Å². The van der Waals surface area contributed by atoms with Crippen molar-refractivity contribution in [1.29, 1.82) is 0 Å². The lowest BCUT2D eigenvalue weighted by Gasteiger charge is -2.15. The molecule has 10 heteroatoms. The van der Waals surface area contributed by atoms with Crippen molar-refractivity contribution in [2.75, 3.05) is 27.2 Å². The second-order valence-corrected chi connectivity index (χ2v) is 7.02. The summed E-state index contributed by atoms with van der Waals surface area (Å²) >= 11 is 1.69. The predicted octanol–water partition coefficient (Wildman–Crippen LogP) is 2.64. The summed E-state index contributed by atoms with van der Waals surface area (Å²) in [4.78, 5) is 29.3. The molecule has 2 N–H and O–H groups in total. The molecular weight excluding hydrogens is 493 g/mol. The Bertz CT molecular complexity index is 779. The number of hydrogen-bond acceptors (Lipinski definition) is 5. The normalized spacial score (nSPS) is 10.7. The van der Waals surface area contributed by atoms with Crippen LogP contribution in [0.25, 0.3) is 0 Å². The van der Waals surface area contributed by atoms with Gasteiger partial charge in [0.15, 0.2) is 5.96 Å². The van der Waals surface area contributed by atoms with Gasteiger partial charge in [-0.15, -0.1) is 35.3 Å². The van der Waals surface area contributed by atoms with E-state index >= 15 is 0 Å². The highest BCUT2D eigenvalue weighted by Crippen LogP contribution is 2.12. The fraction of sp³-hybridized carbons (Fsp3) is 0.333. The summed E-state index contributed by atoms with van der Waals surface area (Å²) in [6.07, 6.45) is 0.859. The molecule has 0 spiro atoms. The Balaban J connectivity index is 0.00000392. The van der Waals surface area contributed by atoms with Crippen LogP contribution in [-0.4, -0.2) is 48.9 Å². The molecule has 0 saturated carbocycles. The van der Waals surface area contributed by atoms with Gasteiger partial charge in [0.1, 0.15) is 0 Å². The van der Waals surface area contributed by atoms with Crippen molar-refractivity contribution in [3.63, 3.8) is 0 Å². The monoisotopic (exact) mass is 517 g/mol. The average Bonchev–Trinajstić information content (AvgIpc) is 3.16. The summed E-state index contributed by atoms with van der Waals surface area (Å²) < 4.78 is 0. The maximum Gasteiger partial charge on any atom is 0.269 e. The fourth-order valence-electron chi connectivity index (χ4n) is 2.14. The first-order valence-electron chi connectivity index (χ1n) is 8.44. The predicted molar refractivity (Wildman–Crippen MR) is 122 cm³/mol. The van der Waals surface area contributed by atoms with Gasteiger partial charge in [0.25, 0.3) is 5.69 Å². The summed E-state index contributed by atoms with van der Waals surface area (Å²) in [6.45, 7) is 1.17. The molecule has 2 aromatic rings. The molecule has 1 amide bonds. The number of hydrogen-bond donors (Lipinski definition) is 2. The zero-order valence-corrected chi connectivity index (χ0v) is 18.9. The molecule has 1 aromatic carbocycles. The van der Waals surface area contributed by atoms with E-state index in [0.29, 0.717) is 19.0 Å². The summed E-state index contributed by atoms with van der Waals surface area (Å²) in [7, 11) is 3.39. The van der Waals surface area contributed by atoms with Crippen LogP contribution in [0.5, 0.6) is 0 Å². The van der Waals surface area contributed by atoms with Crippen molar-refractivity contribution in [3.05, 3.63) is 62.3 Å². The first-order valence-corrected chi connectivity index (χ1v) is 9.31. The Kier molecular flexibility index (Phi) is 10.5. The maximum absolute atomic E-state index is 11.8. The van der Waals surface area contributed by atoms with Crippen LogP contribution in [0.3, 0.4) is 0 Å². The highest BCUT2D eigenvalue weighted by atomic mass is 127. The molecule has 0 unspecified atom stereocenters. The number of amides is 1. The molecule has 152 valence electrons. The van der Waals surface area contributed by atoms with Crippen LogP contribution in [0.15, 0.2) is 46.8 Å². The standard InChI is InChI=1S/C18H23N5O3S.HI/c1-22(2)17(24)13-21-18(19-10-9-16-4-3-11-27-16)20-12-14-5-7-15(8-6-14)23(25)26;/h3-8,11H,9-10,12-13H2,1-2H3,(H2,19,20,21);1H. The Morgan fingerprint density at radius 1 is 1.21 bits per heavy atom. The average molecular weight is 517 g/mol. The van der Waals surface area contributed by atoms with Gasteiger partial charge in [-0.2, -0.15) is 0 Å². The van der Waals surface area contributed by atoms with Gasteiger partial charge in [-0.05, 0) is 23.4 Å². The molecule has 0 atom stereocenters. The second kappa shape index (κ2) is 12.3. The van der Waals surface area contributed by atoms with Crippen LogP contribution in [0.4, 0.5) is 5.69 Å². The van der Waals surface area contributed by atoms with Crippen LogP contribution in [0, 0.1) is 10.1 Å². The number of non-ortho nitro benzene ring substituents is 1. The van der Waals surface area contributed by atoms with Gasteiger partial charge < -0.3 is 15.5 Å². The third kappa shape index (κ3) is 8.21. The Morgan fingerprint density at radius 3 is 2.50 bits per heavy atom. The van der Waals surface area contributed by atoms with Gasteiger partial charge in [0.2, 0.25) is 5.91 Å². The SMILES string of the molecule is CN(C)C(=O)CNC(=NCc1ccc([N+](=O)[O-])cc1)NCCc1cccs1.I. The van der Waals surface area contributed by atoms with Crippen LogP contribution in [0.1, 0.15) is 10.4 Å². The van der Waals surface area contributed by atoms with Crippen molar-refractivity contribution in [2.24, 2.45) is 4.99 Å². The van der Waals surface area contributed by atoms with Crippen molar-refractivity contribution in [3.8, 4) is 0 Å². The van der Waals surface area contributed by atoms with Crippen LogP contribution < -0.4 is 10.6 Å². The van der Waals surface area contributed by atoms with E-state index in [-0.39, 0.29) is 42.1 Å². The number of nitro groups is 1. The Labute approximate surface area is 185 Å². The molecule has 2 rings (SSSR count). The van der Waals surface area contributed by atoms with Crippen LogP contribution in [0.2, 0.25) is 0 Å². The first kappa shape index (κ1) is 23.8. The largest absolute Gasteiger partial charge is 0.356 e. The number of thiophene rings is 1. The smallest absolute Gasteiger partial charge is 0.269 e. The molecule has 1 aromatic heterocycles. The molecule has 0 radical (unpaired) electrons. The summed E-state index contributed by atoms with van der Waals surface area (Å²) in [5.74, 6) is 0.471. The minimum atomic E-state index is -0.432. The quantitative estimate of drug-likeness (QED) is 0.185. The molecule has 28 heavy (non-hydrogen) atoms. The van der Waals surface area contributed by atoms with Crippen LogP contribution >= 0.6 is 35.3 Å². The summed E-state index contributed by atoms with van der Waals surface area (Å²) in [5.41, 5.74) is 0.894. The number of nitrogens with zero attached hydrogens (tertiary/aromatic N) is 3. The number of aliphatic imine (C=N–C) groups is 1. The third-order valence-corrected chi connectivity index (χ3v) is 4.65. The number of nitrogens with one attached hydrogen (secondary N) is 2. The molecule has 0 aliphatic rings. The lowest BCUT2D eigenvalue weighted by molar-refractivity contribution is -0.384. The van der Waals surface area contributed by atoms with E-state index in [1.807, 2.05) is 11.4 Å². The number of carbonyl (C=O) groups excluding carboxylic acids is 1. The van der Waals surface area contributed by atoms with Gasteiger partial charge in [0.05, 0.1) is 18.0 Å². The Hall–Kier alpha value is -2.21. The number of carbonyl (C=O) groups is 1. The van der Waals surface area contributed by atoms with Gasteiger partial charge >= 0.3 is 0 Å². The van der Waals surface area contributed by atoms with E-state index in [1.54, 1.807) is 37.6 Å². The summed E-state index contributed by atoms with van der Waals surface area (Å²) in [5, 5.41) is 19.0. The number of guanidine groups is 1. The number of likely N-dealkylation sites (N-methyl/N-ethyl adjacent to an activating group) is 1. The topological polar surface area (TPSA) is 99.9 Å². The lowest BCUT2D eigenvalue weighted by atomic mass is 10.2. The van der Waals surface area contributed by atoms with Gasteiger partial charge in [0, 0.05) is 37.6 Å². The highest BCUT2D eigenvalue weighted by molar-refractivity contribution is 14.0. The molecular formula is C18H24IN5O3S. The number of benzene rings is 1. The molecule has 0 aliphatic heterocycles. The maximum atomic E-state index is 11.8. The van der Waals surface area contributed by atoms with E-state index in [0.717, 1.165) is 12.0 Å². The molecule has 0 fully saturated rings. The lowest BCUT2D eigenvalue weighted by Crippen LogP contribution is -2.43. The third-order valence-electron chi connectivity index (χ3n) is 3.72. The van der Waals surface area contributed by atoms with E-state index in [4.69, 9.17) is 0 Å². The fourth-order valence-corrected chi connectivity index (χ4v) is 2.85. The first-order chi connectivity index (χ1) is 13.0.